The summed E-state index contributed by atoms with van der Waals surface area (Å²) in [6.45, 7) is 11.5. The number of ether oxygens (including phenoxy) is 1. The normalized spacial score (nSPS) is 36.8. The third kappa shape index (κ3) is 1.81. The molecule has 88 valence electrons. The fraction of sp³-hybridized carbons (Fsp3) is 1.00. The second-order valence-electron chi connectivity index (χ2n) is 5.64. The van der Waals surface area contributed by atoms with E-state index in [0.717, 1.165) is 18.4 Å². The zero-order chi connectivity index (χ0) is 11.1. The first-order valence-electron chi connectivity index (χ1n) is 6.03. The number of likely N-dealkylation sites (tertiary alicyclic amines) is 1. The fourth-order valence-corrected chi connectivity index (χ4v) is 3.53. The van der Waals surface area contributed by atoms with Gasteiger partial charge >= 0.3 is 0 Å². The number of hydrogen-bond donors (Lipinski definition) is 1. The van der Waals surface area contributed by atoms with Gasteiger partial charge in [0, 0.05) is 31.8 Å². The molecule has 2 rings (SSSR count). The van der Waals surface area contributed by atoms with Gasteiger partial charge in [-0.15, -0.1) is 0 Å². The molecule has 3 unspecified atom stereocenters. The van der Waals surface area contributed by atoms with Crippen molar-refractivity contribution in [1.29, 1.82) is 0 Å². The molecule has 0 aliphatic carbocycles. The van der Waals surface area contributed by atoms with Crippen LogP contribution in [0, 0.1) is 11.8 Å². The lowest BCUT2D eigenvalue weighted by molar-refractivity contribution is 0.0457. The van der Waals surface area contributed by atoms with Gasteiger partial charge in [0.2, 0.25) is 0 Å². The summed E-state index contributed by atoms with van der Waals surface area (Å²) in [6.07, 6.45) is 0. The summed E-state index contributed by atoms with van der Waals surface area (Å²) in [7, 11) is 1.79. The van der Waals surface area contributed by atoms with Gasteiger partial charge < -0.3 is 10.1 Å². The van der Waals surface area contributed by atoms with Gasteiger partial charge in [-0.05, 0) is 39.2 Å². The van der Waals surface area contributed by atoms with Gasteiger partial charge in [-0.25, -0.2) is 0 Å². The van der Waals surface area contributed by atoms with Crippen LogP contribution in [-0.4, -0.2) is 49.8 Å². The molecule has 2 heterocycles. The Morgan fingerprint density at radius 3 is 2.80 bits per heavy atom. The van der Waals surface area contributed by atoms with Crippen molar-refractivity contribution in [1.82, 2.24) is 10.2 Å². The summed E-state index contributed by atoms with van der Waals surface area (Å²) < 4.78 is 5.27. The van der Waals surface area contributed by atoms with E-state index < -0.39 is 0 Å². The quantitative estimate of drug-likeness (QED) is 0.754. The van der Waals surface area contributed by atoms with Gasteiger partial charge in [-0.2, -0.15) is 0 Å². The van der Waals surface area contributed by atoms with Crippen molar-refractivity contribution in [2.45, 2.75) is 32.4 Å². The van der Waals surface area contributed by atoms with Crippen molar-refractivity contribution in [2.24, 2.45) is 11.8 Å². The molecule has 0 amide bonds. The summed E-state index contributed by atoms with van der Waals surface area (Å²) in [5, 5.41) is 3.51. The molecule has 2 fully saturated rings. The van der Waals surface area contributed by atoms with Crippen molar-refractivity contribution in [3.05, 3.63) is 0 Å². The minimum absolute atomic E-state index is 0.326. The second kappa shape index (κ2) is 4.04. The molecule has 0 aromatic carbocycles. The molecule has 0 radical (unpaired) electrons. The second-order valence-corrected chi connectivity index (χ2v) is 5.64. The van der Waals surface area contributed by atoms with Crippen LogP contribution in [0.5, 0.6) is 0 Å². The Bertz CT molecular complexity index is 230. The number of nitrogens with one attached hydrogen (secondary N) is 1. The lowest BCUT2D eigenvalue weighted by Crippen LogP contribution is -2.50. The molecule has 0 aromatic heterocycles. The van der Waals surface area contributed by atoms with Crippen molar-refractivity contribution in [3.8, 4) is 0 Å². The SMILES string of the molecule is COCC(C)N1CC2CNCC2C1(C)C. The van der Waals surface area contributed by atoms with Crippen molar-refractivity contribution < 1.29 is 4.74 Å². The Kier molecular flexibility index (Phi) is 3.06. The van der Waals surface area contributed by atoms with E-state index in [1.165, 1.54) is 19.6 Å². The molecular weight excluding hydrogens is 188 g/mol. The molecule has 3 atom stereocenters. The Hall–Kier alpha value is -0.120. The van der Waals surface area contributed by atoms with Gasteiger partial charge in [-0.1, -0.05) is 0 Å². The van der Waals surface area contributed by atoms with E-state index in [-0.39, 0.29) is 0 Å². The summed E-state index contributed by atoms with van der Waals surface area (Å²) in [6, 6.07) is 0.538. The zero-order valence-corrected chi connectivity index (χ0v) is 10.4. The van der Waals surface area contributed by atoms with Gasteiger partial charge in [-0.3, -0.25) is 4.90 Å². The number of hydrogen-bond acceptors (Lipinski definition) is 3. The minimum atomic E-state index is 0.326. The smallest absolute Gasteiger partial charge is 0.0615 e. The van der Waals surface area contributed by atoms with E-state index in [1.54, 1.807) is 7.11 Å². The van der Waals surface area contributed by atoms with Crippen molar-refractivity contribution in [2.75, 3.05) is 33.4 Å². The fourth-order valence-electron chi connectivity index (χ4n) is 3.53. The molecule has 3 heteroatoms. The number of nitrogens with zero attached hydrogens (tertiary/aromatic N) is 1. The van der Waals surface area contributed by atoms with Crippen LogP contribution in [0.25, 0.3) is 0 Å². The van der Waals surface area contributed by atoms with E-state index in [4.69, 9.17) is 4.74 Å². The molecule has 15 heavy (non-hydrogen) atoms. The van der Waals surface area contributed by atoms with Crippen LogP contribution in [0.2, 0.25) is 0 Å². The first-order valence-corrected chi connectivity index (χ1v) is 6.03. The van der Waals surface area contributed by atoms with Crippen LogP contribution in [0.1, 0.15) is 20.8 Å². The third-order valence-corrected chi connectivity index (χ3v) is 4.36. The molecule has 2 saturated heterocycles. The molecule has 3 nitrogen and oxygen atoms in total. The first kappa shape index (κ1) is 11.4. The van der Waals surface area contributed by atoms with Crippen LogP contribution in [-0.2, 0) is 4.74 Å². The zero-order valence-electron chi connectivity index (χ0n) is 10.4. The topological polar surface area (TPSA) is 24.5 Å². The molecule has 0 aromatic rings. The maximum atomic E-state index is 5.27. The highest BCUT2D eigenvalue weighted by molar-refractivity contribution is 5.05. The van der Waals surface area contributed by atoms with E-state index in [2.05, 4.69) is 31.0 Å². The lowest BCUT2D eigenvalue weighted by atomic mass is 9.84. The van der Waals surface area contributed by atoms with Crippen molar-refractivity contribution in [3.63, 3.8) is 0 Å². The molecular formula is C12H24N2O. The highest BCUT2D eigenvalue weighted by Gasteiger charge is 2.50. The number of rotatable bonds is 3. The maximum absolute atomic E-state index is 5.27. The van der Waals surface area contributed by atoms with Crippen LogP contribution in [0.4, 0.5) is 0 Å². The maximum Gasteiger partial charge on any atom is 0.0615 e. The summed E-state index contributed by atoms with van der Waals surface area (Å²) in [4.78, 5) is 2.63. The van der Waals surface area contributed by atoms with Gasteiger partial charge in [0.25, 0.3) is 0 Å². The Morgan fingerprint density at radius 1 is 1.47 bits per heavy atom. The van der Waals surface area contributed by atoms with Crippen molar-refractivity contribution >= 4 is 0 Å². The monoisotopic (exact) mass is 212 g/mol. The average Bonchev–Trinajstić information content (AvgIpc) is 2.69. The standard InChI is InChI=1S/C12H24N2O/c1-9(8-15-4)14-7-10-5-13-6-11(10)12(14,2)3/h9-11,13H,5-8H2,1-4H3. The van der Waals surface area contributed by atoms with Crippen LogP contribution in [0.15, 0.2) is 0 Å². The summed E-state index contributed by atoms with van der Waals surface area (Å²) >= 11 is 0. The highest BCUT2D eigenvalue weighted by atomic mass is 16.5. The van der Waals surface area contributed by atoms with Crippen LogP contribution in [0.3, 0.4) is 0 Å². The van der Waals surface area contributed by atoms with Crippen LogP contribution < -0.4 is 5.32 Å². The number of fused-ring (bicyclic) bond motifs is 1. The first-order chi connectivity index (χ1) is 7.07. The molecule has 0 bridgehead atoms. The number of methoxy groups -OCH3 is 1. The van der Waals surface area contributed by atoms with E-state index in [0.29, 0.717) is 11.6 Å². The third-order valence-electron chi connectivity index (χ3n) is 4.36. The predicted molar refractivity (Wildman–Crippen MR) is 62.0 cm³/mol. The largest absolute Gasteiger partial charge is 0.383 e. The molecule has 0 spiro atoms. The molecule has 2 aliphatic heterocycles. The predicted octanol–water partition coefficient (Wildman–Crippen LogP) is 0.951. The molecule has 1 N–H and O–H groups in total. The van der Waals surface area contributed by atoms with Crippen LogP contribution >= 0.6 is 0 Å². The van der Waals surface area contributed by atoms with Gasteiger partial charge in [0.15, 0.2) is 0 Å². The highest BCUT2D eigenvalue weighted by Crippen LogP contribution is 2.41. The Balaban J connectivity index is 2.08. The summed E-state index contributed by atoms with van der Waals surface area (Å²) in [5.41, 5.74) is 0.326. The van der Waals surface area contributed by atoms with E-state index >= 15 is 0 Å². The van der Waals surface area contributed by atoms with Gasteiger partial charge in [0.05, 0.1) is 6.61 Å². The molecule has 0 saturated carbocycles. The minimum Gasteiger partial charge on any atom is -0.383 e. The van der Waals surface area contributed by atoms with E-state index in [1.807, 2.05) is 0 Å². The van der Waals surface area contributed by atoms with E-state index in [9.17, 15) is 0 Å². The average molecular weight is 212 g/mol. The Labute approximate surface area is 93.2 Å². The van der Waals surface area contributed by atoms with Gasteiger partial charge in [0.1, 0.15) is 0 Å². The lowest BCUT2D eigenvalue weighted by Gasteiger charge is -2.39. The molecule has 2 aliphatic rings. The Morgan fingerprint density at radius 2 is 2.20 bits per heavy atom. The summed E-state index contributed by atoms with van der Waals surface area (Å²) in [5.74, 6) is 1.66.